The van der Waals surface area contributed by atoms with E-state index in [0.29, 0.717) is 5.69 Å². The largest absolute Gasteiger partial charge is 0.339 e. The predicted molar refractivity (Wildman–Crippen MR) is 35.9 cm³/mol. The molecule has 0 aliphatic heterocycles. The fourth-order valence-electron chi connectivity index (χ4n) is 0.526. The van der Waals surface area contributed by atoms with Gasteiger partial charge < -0.3 is 4.57 Å². The zero-order chi connectivity index (χ0) is 6.69. The molecule has 0 saturated carbocycles. The Morgan fingerprint density at radius 1 is 1.78 bits per heavy atom. The third-order valence-corrected chi connectivity index (χ3v) is 0.975. The van der Waals surface area contributed by atoms with Gasteiger partial charge in [0.1, 0.15) is 5.69 Å². The molecule has 0 unspecified atom stereocenters. The van der Waals surface area contributed by atoms with Gasteiger partial charge in [-0.15, -0.1) is 0 Å². The van der Waals surface area contributed by atoms with Crippen LogP contribution in [0.3, 0.4) is 0 Å². The molecule has 0 aliphatic carbocycles. The molecule has 46 valence electrons. The van der Waals surface area contributed by atoms with Gasteiger partial charge in [0.25, 0.3) is 0 Å². The van der Waals surface area contributed by atoms with Gasteiger partial charge in [0.2, 0.25) is 0 Å². The van der Waals surface area contributed by atoms with Crippen molar-refractivity contribution in [3.05, 3.63) is 18.2 Å². The Hall–Kier alpha value is -0.940. The Morgan fingerprint density at radius 3 is 3.00 bits per heavy atom. The molecular formula is C6H5ClN2. The molecule has 0 N–H and O–H groups in total. The van der Waals surface area contributed by atoms with Gasteiger partial charge in [0.15, 0.2) is 0 Å². The summed E-state index contributed by atoms with van der Waals surface area (Å²) in [6.45, 7) is 0. The SMILES string of the molecule is Cn1cnc(C#CCl)c1. The van der Waals surface area contributed by atoms with Crippen LogP contribution in [-0.4, -0.2) is 9.55 Å². The normalized spacial score (nSPS) is 8.22. The minimum atomic E-state index is 0.701. The molecule has 0 radical (unpaired) electrons. The van der Waals surface area contributed by atoms with Crippen molar-refractivity contribution in [1.29, 1.82) is 0 Å². The second-order valence-electron chi connectivity index (χ2n) is 1.64. The number of halogens is 1. The van der Waals surface area contributed by atoms with Crippen LogP contribution in [-0.2, 0) is 7.05 Å². The molecule has 1 heterocycles. The molecule has 1 rings (SSSR count). The number of rotatable bonds is 0. The summed E-state index contributed by atoms with van der Waals surface area (Å²) >= 11 is 5.13. The van der Waals surface area contributed by atoms with Crippen LogP contribution in [0.5, 0.6) is 0 Å². The van der Waals surface area contributed by atoms with Crippen molar-refractivity contribution in [2.24, 2.45) is 7.05 Å². The second-order valence-corrected chi connectivity index (χ2v) is 1.83. The van der Waals surface area contributed by atoms with Gasteiger partial charge in [-0.2, -0.15) is 0 Å². The van der Waals surface area contributed by atoms with Crippen LogP contribution < -0.4 is 0 Å². The van der Waals surface area contributed by atoms with E-state index in [-0.39, 0.29) is 0 Å². The first-order chi connectivity index (χ1) is 4.33. The molecule has 0 atom stereocenters. The average molecular weight is 141 g/mol. The van der Waals surface area contributed by atoms with Crippen LogP contribution in [0.1, 0.15) is 5.69 Å². The molecular weight excluding hydrogens is 136 g/mol. The maximum absolute atomic E-state index is 5.13. The Morgan fingerprint density at radius 2 is 2.56 bits per heavy atom. The topological polar surface area (TPSA) is 17.8 Å². The quantitative estimate of drug-likeness (QED) is 0.491. The molecule has 0 aromatic carbocycles. The summed E-state index contributed by atoms with van der Waals surface area (Å²) in [5, 5.41) is 2.24. The molecule has 3 heteroatoms. The van der Waals surface area contributed by atoms with Crippen LogP contribution in [0.15, 0.2) is 12.5 Å². The van der Waals surface area contributed by atoms with Crippen molar-refractivity contribution >= 4 is 11.6 Å². The lowest BCUT2D eigenvalue weighted by molar-refractivity contribution is 0.913. The lowest BCUT2D eigenvalue weighted by Gasteiger charge is -1.78. The Labute approximate surface area is 58.5 Å². The first kappa shape index (κ1) is 6.18. The van der Waals surface area contributed by atoms with Crippen LogP contribution in [0.4, 0.5) is 0 Å². The zero-order valence-corrected chi connectivity index (χ0v) is 5.68. The summed E-state index contributed by atoms with van der Waals surface area (Å²) in [6, 6.07) is 0. The number of imidazole rings is 1. The van der Waals surface area contributed by atoms with E-state index in [2.05, 4.69) is 16.3 Å². The van der Waals surface area contributed by atoms with E-state index in [0.717, 1.165) is 0 Å². The van der Waals surface area contributed by atoms with Gasteiger partial charge in [0.05, 0.1) is 6.33 Å². The van der Waals surface area contributed by atoms with Crippen LogP contribution in [0.25, 0.3) is 0 Å². The van der Waals surface area contributed by atoms with Crippen molar-refractivity contribution in [3.8, 4) is 11.3 Å². The van der Waals surface area contributed by atoms with E-state index in [1.807, 2.05) is 11.6 Å². The third-order valence-electron chi connectivity index (χ3n) is 0.880. The number of nitrogens with zero attached hydrogens (tertiary/aromatic N) is 2. The van der Waals surface area contributed by atoms with E-state index in [1.54, 1.807) is 12.5 Å². The van der Waals surface area contributed by atoms with Crippen LogP contribution >= 0.6 is 11.6 Å². The number of aromatic nitrogens is 2. The molecule has 9 heavy (non-hydrogen) atoms. The number of aryl methyl sites for hydroxylation is 1. The standard InChI is InChI=1S/C6H5ClN2/c1-9-4-6(2-3-7)8-5-9/h4-5H,1H3. The fraction of sp³-hybridized carbons (Fsp3) is 0.167. The Bertz CT molecular complexity index is 254. The lowest BCUT2D eigenvalue weighted by Crippen LogP contribution is -1.77. The fourth-order valence-corrected chi connectivity index (χ4v) is 0.623. The molecule has 2 nitrogen and oxygen atoms in total. The highest BCUT2D eigenvalue weighted by Crippen LogP contribution is 1.89. The molecule has 1 aromatic heterocycles. The second kappa shape index (κ2) is 2.56. The lowest BCUT2D eigenvalue weighted by atomic mass is 10.5. The van der Waals surface area contributed by atoms with Gasteiger partial charge in [-0.3, -0.25) is 0 Å². The summed E-state index contributed by atoms with van der Waals surface area (Å²) < 4.78 is 1.82. The van der Waals surface area contributed by atoms with E-state index >= 15 is 0 Å². The zero-order valence-electron chi connectivity index (χ0n) is 4.93. The van der Waals surface area contributed by atoms with E-state index in [9.17, 15) is 0 Å². The summed E-state index contributed by atoms with van der Waals surface area (Å²) in [6.07, 6.45) is 3.48. The van der Waals surface area contributed by atoms with Gasteiger partial charge >= 0.3 is 0 Å². The molecule has 0 amide bonds. The molecule has 0 aliphatic rings. The number of hydrogen-bond donors (Lipinski definition) is 0. The van der Waals surface area contributed by atoms with E-state index in [4.69, 9.17) is 11.6 Å². The van der Waals surface area contributed by atoms with Gasteiger partial charge in [-0.05, 0) is 17.5 Å². The summed E-state index contributed by atoms with van der Waals surface area (Å²) in [5.41, 5.74) is 0.701. The predicted octanol–water partition coefficient (Wildman–Crippen LogP) is 0.968. The summed E-state index contributed by atoms with van der Waals surface area (Å²) in [7, 11) is 1.88. The summed E-state index contributed by atoms with van der Waals surface area (Å²) in [5.74, 6) is 2.61. The van der Waals surface area contributed by atoms with Crippen molar-refractivity contribution in [2.75, 3.05) is 0 Å². The summed E-state index contributed by atoms with van der Waals surface area (Å²) in [4.78, 5) is 3.91. The average Bonchev–Trinajstić information content (AvgIpc) is 2.17. The minimum absolute atomic E-state index is 0.701. The smallest absolute Gasteiger partial charge is 0.132 e. The monoisotopic (exact) mass is 140 g/mol. The molecule has 0 bridgehead atoms. The highest BCUT2D eigenvalue weighted by Gasteiger charge is 1.86. The first-order valence-electron chi connectivity index (χ1n) is 2.42. The maximum atomic E-state index is 5.13. The van der Waals surface area contributed by atoms with Gasteiger partial charge in [-0.1, -0.05) is 0 Å². The van der Waals surface area contributed by atoms with Gasteiger partial charge in [-0.25, -0.2) is 4.98 Å². The highest BCUT2D eigenvalue weighted by molar-refractivity contribution is 6.30. The maximum Gasteiger partial charge on any atom is 0.132 e. The molecule has 1 aromatic rings. The molecule has 0 saturated heterocycles. The first-order valence-corrected chi connectivity index (χ1v) is 2.80. The van der Waals surface area contributed by atoms with Crippen LogP contribution in [0, 0.1) is 11.3 Å². The van der Waals surface area contributed by atoms with E-state index < -0.39 is 0 Å². The van der Waals surface area contributed by atoms with Crippen molar-refractivity contribution < 1.29 is 0 Å². The molecule has 0 fully saturated rings. The Balaban J connectivity index is 2.93. The van der Waals surface area contributed by atoms with Crippen LogP contribution in [0.2, 0.25) is 0 Å². The molecule has 0 spiro atoms. The number of hydrogen-bond acceptors (Lipinski definition) is 1. The Kier molecular flexibility index (Phi) is 1.76. The highest BCUT2D eigenvalue weighted by atomic mass is 35.5. The van der Waals surface area contributed by atoms with Gasteiger partial charge in [0, 0.05) is 18.6 Å². The van der Waals surface area contributed by atoms with Crippen molar-refractivity contribution in [3.63, 3.8) is 0 Å². The minimum Gasteiger partial charge on any atom is -0.339 e. The van der Waals surface area contributed by atoms with Crippen molar-refractivity contribution in [2.45, 2.75) is 0 Å². The van der Waals surface area contributed by atoms with Crippen molar-refractivity contribution in [1.82, 2.24) is 9.55 Å². The van der Waals surface area contributed by atoms with E-state index in [1.165, 1.54) is 0 Å². The third kappa shape index (κ3) is 1.48.